The highest BCUT2D eigenvalue weighted by Gasteiger charge is 2.17. The number of thioether (sulfide) groups is 1. The number of amides is 1. The maximum Gasteiger partial charge on any atom is 0.349 e. The van der Waals surface area contributed by atoms with E-state index >= 15 is 0 Å². The highest BCUT2D eigenvalue weighted by molar-refractivity contribution is 9.10. The first kappa shape index (κ1) is 13.4. The molecule has 5 nitrogen and oxygen atoms in total. The van der Waals surface area contributed by atoms with Crippen molar-refractivity contribution in [2.24, 2.45) is 4.99 Å². The van der Waals surface area contributed by atoms with Crippen molar-refractivity contribution in [1.29, 1.82) is 0 Å². The van der Waals surface area contributed by atoms with Gasteiger partial charge in [-0.2, -0.15) is 0 Å². The number of amidine groups is 1. The molecule has 1 aromatic carbocycles. The lowest BCUT2D eigenvalue weighted by molar-refractivity contribution is 0.0974. The molecule has 20 heavy (non-hydrogen) atoms. The van der Waals surface area contributed by atoms with Gasteiger partial charge in [0.15, 0.2) is 5.17 Å². The molecule has 1 aromatic heterocycles. The normalized spacial score (nSPS) is 14.3. The molecular formula is C13H9BrN2O3S. The van der Waals surface area contributed by atoms with Gasteiger partial charge in [0, 0.05) is 15.6 Å². The predicted octanol–water partition coefficient (Wildman–Crippen LogP) is 2.39. The molecule has 2 aromatic rings. The number of nitrogens with one attached hydrogen (secondary N) is 1. The van der Waals surface area contributed by atoms with Crippen LogP contribution in [0.5, 0.6) is 0 Å². The summed E-state index contributed by atoms with van der Waals surface area (Å²) in [5.74, 6) is 0.350. The van der Waals surface area contributed by atoms with Crippen molar-refractivity contribution in [2.45, 2.75) is 0 Å². The fourth-order valence-corrected chi connectivity index (χ4v) is 2.93. The Balaban J connectivity index is 1.99. The fraction of sp³-hybridized carbons (Fsp3) is 0.154. The number of rotatable bonds is 1. The Morgan fingerprint density at radius 2 is 2.25 bits per heavy atom. The van der Waals surface area contributed by atoms with Gasteiger partial charge in [-0.15, -0.1) is 0 Å². The van der Waals surface area contributed by atoms with E-state index in [-0.39, 0.29) is 5.56 Å². The van der Waals surface area contributed by atoms with Crippen molar-refractivity contribution < 1.29 is 9.21 Å². The van der Waals surface area contributed by atoms with E-state index in [1.807, 2.05) is 0 Å². The minimum Gasteiger partial charge on any atom is -0.422 e. The molecule has 1 amide bonds. The topological polar surface area (TPSA) is 71.7 Å². The molecule has 0 spiro atoms. The second kappa shape index (κ2) is 5.41. The fourth-order valence-electron chi connectivity index (χ4n) is 1.83. The van der Waals surface area contributed by atoms with E-state index in [4.69, 9.17) is 4.42 Å². The van der Waals surface area contributed by atoms with Gasteiger partial charge in [0.25, 0.3) is 5.91 Å². The molecule has 0 saturated carbocycles. The van der Waals surface area contributed by atoms with Crippen LogP contribution in [0.4, 0.5) is 0 Å². The molecule has 0 radical (unpaired) electrons. The molecule has 0 atom stereocenters. The molecule has 7 heteroatoms. The van der Waals surface area contributed by atoms with Crippen LogP contribution in [0.3, 0.4) is 0 Å². The summed E-state index contributed by atoms with van der Waals surface area (Å²) in [4.78, 5) is 28.0. The predicted molar refractivity (Wildman–Crippen MR) is 82.4 cm³/mol. The van der Waals surface area contributed by atoms with Crippen LogP contribution in [0, 0.1) is 0 Å². The second-order valence-corrected chi connectivity index (χ2v) is 6.12. The molecular weight excluding hydrogens is 344 g/mol. The van der Waals surface area contributed by atoms with E-state index < -0.39 is 11.5 Å². The van der Waals surface area contributed by atoms with Crippen molar-refractivity contribution in [3.8, 4) is 0 Å². The number of hydrogen-bond acceptors (Lipinski definition) is 5. The number of fused-ring (bicyclic) bond motifs is 1. The highest BCUT2D eigenvalue weighted by Crippen LogP contribution is 2.19. The first-order valence-electron chi connectivity index (χ1n) is 5.85. The van der Waals surface area contributed by atoms with Crippen LogP contribution in [0.25, 0.3) is 11.0 Å². The van der Waals surface area contributed by atoms with Gasteiger partial charge in [0.05, 0.1) is 6.54 Å². The highest BCUT2D eigenvalue weighted by atomic mass is 79.9. The van der Waals surface area contributed by atoms with Crippen LogP contribution >= 0.6 is 27.7 Å². The summed E-state index contributed by atoms with van der Waals surface area (Å²) in [6.07, 6.45) is 0. The Hall–Kier alpha value is -1.60. The van der Waals surface area contributed by atoms with Gasteiger partial charge < -0.3 is 9.73 Å². The maximum atomic E-state index is 12.1. The molecule has 102 valence electrons. The number of carbonyl (C=O) groups excluding carboxylic acids is 1. The Kier molecular flexibility index (Phi) is 3.62. The summed E-state index contributed by atoms with van der Waals surface area (Å²) >= 11 is 4.80. The van der Waals surface area contributed by atoms with Crippen molar-refractivity contribution in [1.82, 2.24) is 5.32 Å². The Morgan fingerprint density at radius 3 is 3.00 bits per heavy atom. The van der Waals surface area contributed by atoms with Crippen molar-refractivity contribution in [3.63, 3.8) is 0 Å². The Bertz CT molecular complexity index is 785. The quantitative estimate of drug-likeness (QED) is 0.799. The Labute approximate surface area is 126 Å². The number of halogens is 1. The molecule has 0 aliphatic carbocycles. The summed E-state index contributed by atoms with van der Waals surface area (Å²) in [5.41, 5.74) is -0.228. The minimum absolute atomic E-state index is 0.0224. The van der Waals surface area contributed by atoms with Crippen LogP contribution in [0.1, 0.15) is 10.4 Å². The van der Waals surface area contributed by atoms with Crippen LogP contribution in [0.15, 0.2) is 42.9 Å². The largest absolute Gasteiger partial charge is 0.422 e. The molecule has 1 aliphatic heterocycles. The zero-order valence-corrected chi connectivity index (χ0v) is 12.6. The number of nitrogens with zero attached hydrogens (tertiary/aromatic N) is 1. The average molecular weight is 353 g/mol. The standard InChI is InChI=1S/C13H9BrN2O3S/c14-8-1-2-10-7(5-8)6-9(12(18)19-10)11(17)16-13-15-3-4-20-13/h1-2,5-6H,3-4H2,(H,15,16,17). The molecule has 2 heterocycles. The van der Waals surface area contributed by atoms with E-state index in [2.05, 4.69) is 26.2 Å². The summed E-state index contributed by atoms with van der Waals surface area (Å²) in [5, 5.41) is 3.85. The molecule has 0 saturated heterocycles. The smallest absolute Gasteiger partial charge is 0.349 e. The molecule has 3 rings (SSSR count). The van der Waals surface area contributed by atoms with E-state index in [1.54, 1.807) is 18.2 Å². The third kappa shape index (κ3) is 2.64. The van der Waals surface area contributed by atoms with Crippen LogP contribution in [-0.2, 0) is 0 Å². The van der Waals surface area contributed by atoms with E-state index in [1.165, 1.54) is 17.8 Å². The average Bonchev–Trinajstić information content (AvgIpc) is 2.91. The second-order valence-electron chi connectivity index (χ2n) is 4.12. The summed E-state index contributed by atoms with van der Waals surface area (Å²) < 4.78 is 6.00. The summed E-state index contributed by atoms with van der Waals surface area (Å²) in [6.45, 7) is 0.680. The SMILES string of the molecule is O=C(NC1=NCCS1)c1cc2cc(Br)ccc2oc1=O. The van der Waals surface area contributed by atoms with Crippen LogP contribution in [0.2, 0.25) is 0 Å². The molecule has 1 aliphatic rings. The minimum atomic E-state index is -0.652. The van der Waals surface area contributed by atoms with Crippen LogP contribution in [-0.4, -0.2) is 23.4 Å². The van der Waals surface area contributed by atoms with E-state index in [0.717, 1.165) is 10.2 Å². The van der Waals surface area contributed by atoms with E-state index in [0.29, 0.717) is 22.7 Å². The van der Waals surface area contributed by atoms with E-state index in [9.17, 15) is 9.59 Å². The summed E-state index contributed by atoms with van der Waals surface area (Å²) in [7, 11) is 0. The van der Waals surface area contributed by atoms with Crippen molar-refractivity contribution >= 4 is 49.7 Å². The lowest BCUT2D eigenvalue weighted by Gasteiger charge is -2.04. The van der Waals surface area contributed by atoms with Gasteiger partial charge in [-0.05, 0) is 24.3 Å². The first-order valence-corrected chi connectivity index (χ1v) is 7.63. The van der Waals surface area contributed by atoms with Gasteiger partial charge in [0.2, 0.25) is 0 Å². The van der Waals surface area contributed by atoms with Gasteiger partial charge in [-0.1, -0.05) is 27.7 Å². The van der Waals surface area contributed by atoms with Crippen molar-refractivity contribution in [3.05, 3.63) is 44.7 Å². The van der Waals surface area contributed by atoms with Gasteiger partial charge >= 0.3 is 5.63 Å². The molecule has 0 bridgehead atoms. The number of aliphatic imine (C=N–C) groups is 1. The monoisotopic (exact) mass is 352 g/mol. The molecule has 0 fully saturated rings. The lowest BCUT2D eigenvalue weighted by Crippen LogP contribution is -2.31. The van der Waals surface area contributed by atoms with Gasteiger partial charge in [-0.3, -0.25) is 9.79 Å². The number of carbonyl (C=O) groups is 1. The summed E-state index contributed by atoms with van der Waals surface area (Å²) in [6, 6.07) is 6.77. The first-order chi connectivity index (χ1) is 9.63. The van der Waals surface area contributed by atoms with Crippen molar-refractivity contribution in [2.75, 3.05) is 12.3 Å². The number of hydrogen-bond donors (Lipinski definition) is 1. The maximum absolute atomic E-state index is 12.1. The molecule has 1 N–H and O–H groups in total. The lowest BCUT2D eigenvalue weighted by atomic mass is 10.2. The molecule has 0 unspecified atom stereocenters. The van der Waals surface area contributed by atoms with Crippen LogP contribution < -0.4 is 10.9 Å². The Morgan fingerprint density at radius 1 is 1.40 bits per heavy atom. The third-order valence-corrected chi connectivity index (χ3v) is 4.13. The zero-order valence-electron chi connectivity index (χ0n) is 10.2. The third-order valence-electron chi connectivity index (χ3n) is 2.74. The number of benzene rings is 1. The zero-order chi connectivity index (χ0) is 14.1. The van der Waals surface area contributed by atoms with Gasteiger partial charge in [0.1, 0.15) is 11.1 Å². The van der Waals surface area contributed by atoms with Gasteiger partial charge in [-0.25, -0.2) is 4.79 Å².